The molecule has 0 saturated heterocycles. The van der Waals surface area contributed by atoms with Gasteiger partial charge in [0.05, 0.1) is 12.3 Å². The zero-order valence-electron chi connectivity index (χ0n) is 20.8. The fourth-order valence-corrected chi connectivity index (χ4v) is 3.96. The third kappa shape index (κ3) is 6.56. The second-order valence-electron chi connectivity index (χ2n) is 8.55. The highest BCUT2D eigenvalue weighted by atomic mass is 16.5. The Morgan fingerprint density at radius 2 is 1.75 bits per heavy atom. The Morgan fingerprint density at radius 1 is 0.944 bits per heavy atom. The first-order valence-corrected chi connectivity index (χ1v) is 12.4. The van der Waals surface area contributed by atoms with Crippen LogP contribution in [-0.4, -0.2) is 38.2 Å². The lowest BCUT2D eigenvalue weighted by Crippen LogP contribution is -2.39. The number of benzene rings is 3. The number of carbonyl (C=O) groups excluding carboxylic acids is 2. The van der Waals surface area contributed by atoms with Gasteiger partial charge in [-0.1, -0.05) is 38.1 Å². The minimum absolute atomic E-state index is 0.0112. The number of rotatable bonds is 11. The van der Waals surface area contributed by atoms with Gasteiger partial charge in [0.25, 0.3) is 11.8 Å². The molecule has 188 valence electrons. The molecule has 3 aromatic rings. The molecule has 1 N–H and O–H groups in total. The SMILES string of the molecule is CCc1ccc(OCCCN2C(=O)COc3ccc(NC(=O)COc4cccc(CC)c4)cc32)cc1. The molecule has 0 atom stereocenters. The van der Waals surface area contributed by atoms with E-state index in [1.165, 1.54) is 5.56 Å². The van der Waals surface area contributed by atoms with Crippen LogP contribution in [0.1, 0.15) is 31.4 Å². The van der Waals surface area contributed by atoms with Crippen molar-refractivity contribution in [1.82, 2.24) is 0 Å². The summed E-state index contributed by atoms with van der Waals surface area (Å²) in [5, 5.41) is 2.84. The van der Waals surface area contributed by atoms with Crippen molar-refractivity contribution in [3.8, 4) is 17.2 Å². The van der Waals surface area contributed by atoms with Crippen LogP contribution in [0.25, 0.3) is 0 Å². The number of hydrogen-bond donors (Lipinski definition) is 1. The normalized spacial score (nSPS) is 12.5. The van der Waals surface area contributed by atoms with Crippen molar-refractivity contribution in [1.29, 1.82) is 0 Å². The number of hydrogen-bond acceptors (Lipinski definition) is 5. The third-order valence-corrected chi connectivity index (χ3v) is 5.99. The van der Waals surface area contributed by atoms with Crippen LogP contribution in [0, 0.1) is 0 Å². The molecule has 0 unspecified atom stereocenters. The van der Waals surface area contributed by atoms with Crippen molar-refractivity contribution in [2.24, 2.45) is 0 Å². The molecule has 1 aliphatic heterocycles. The van der Waals surface area contributed by atoms with Crippen LogP contribution in [0.4, 0.5) is 11.4 Å². The Kier molecular flexibility index (Phi) is 8.44. The first-order chi connectivity index (χ1) is 17.6. The van der Waals surface area contributed by atoms with Crippen molar-refractivity contribution in [2.75, 3.05) is 36.6 Å². The first-order valence-electron chi connectivity index (χ1n) is 12.4. The highest BCUT2D eigenvalue weighted by Gasteiger charge is 2.25. The van der Waals surface area contributed by atoms with Gasteiger partial charge in [0, 0.05) is 12.2 Å². The molecule has 1 aliphatic rings. The number of aryl methyl sites for hydroxylation is 2. The number of nitrogens with zero attached hydrogens (tertiary/aromatic N) is 1. The Hall–Kier alpha value is -4.00. The second kappa shape index (κ2) is 12.1. The molecule has 0 saturated carbocycles. The molecule has 7 nitrogen and oxygen atoms in total. The van der Waals surface area contributed by atoms with Crippen molar-refractivity contribution < 1.29 is 23.8 Å². The number of fused-ring (bicyclic) bond motifs is 1. The highest BCUT2D eigenvalue weighted by Crippen LogP contribution is 2.34. The predicted octanol–water partition coefficient (Wildman–Crippen LogP) is 5.02. The van der Waals surface area contributed by atoms with Gasteiger partial charge in [-0.3, -0.25) is 9.59 Å². The van der Waals surface area contributed by atoms with Crippen LogP contribution in [0.2, 0.25) is 0 Å². The maximum absolute atomic E-state index is 12.6. The van der Waals surface area contributed by atoms with Gasteiger partial charge in [0.1, 0.15) is 17.2 Å². The van der Waals surface area contributed by atoms with E-state index in [1.54, 1.807) is 23.1 Å². The van der Waals surface area contributed by atoms with Crippen molar-refractivity contribution in [2.45, 2.75) is 33.1 Å². The largest absolute Gasteiger partial charge is 0.494 e. The van der Waals surface area contributed by atoms with E-state index in [2.05, 4.69) is 31.3 Å². The van der Waals surface area contributed by atoms with E-state index in [4.69, 9.17) is 14.2 Å². The molecule has 0 aliphatic carbocycles. The van der Waals surface area contributed by atoms with Crippen LogP contribution >= 0.6 is 0 Å². The number of amides is 2. The summed E-state index contributed by atoms with van der Waals surface area (Å²) in [5.41, 5.74) is 3.61. The minimum atomic E-state index is -0.283. The molecule has 1 heterocycles. The summed E-state index contributed by atoms with van der Waals surface area (Å²) in [6, 6.07) is 21.0. The number of anilines is 2. The van der Waals surface area contributed by atoms with Crippen molar-refractivity contribution in [3.63, 3.8) is 0 Å². The number of nitrogens with one attached hydrogen (secondary N) is 1. The summed E-state index contributed by atoms with van der Waals surface area (Å²) in [6.07, 6.45) is 2.54. The summed E-state index contributed by atoms with van der Waals surface area (Å²) < 4.78 is 17.1. The van der Waals surface area contributed by atoms with Gasteiger partial charge in [0.15, 0.2) is 13.2 Å². The minimum Gasteiger partial charge on any atom is -0.494 e. The van der Waals surface area contributed by atoms with Gasteiger partial charge < -0.3 is 24.4 Å². The molecular formula is C29H32N2O5. The van der Waals surface area contributed by atoms with E-state index in [-0.39, 0.29) is 25.0 Å². The molecule has 0 aromatic heterocycles. The van der Waals surface area contributed by atoms with E-state index >= 15 is 0 Å². The Morgan fingerprint density at radius 3 is 2.53 bits per heavy atom. The summed E-state index contributed by atoms with van der Waals surface area (Å²) in [6.45, 7) is 5.03. The summed E-state index contributed by atoms with van der Waals surface area (Å²) in [5.74, 6) is 1.67. The molecule has 3 aromatic carbocycles. The van der Waals surface area contributed by atoms with E-state index in [0.29, 0.717) is 42.4 Å². The van der Waals surface area contributed by atoms with Gasteiger partial charge in [-0.05, 0) is 72.9 Å². The maximum Gasteiger partial charge on any atom is 0.265 e. The van der Waals surface area contributed by atoms with E-state index in [1.807, 2.05) is 36.4 Å². The molecule has 0 radical (unpaired) electrons. The summed E-state index contributed by atoms with van der Waals surface area (Å²) >= 11 is 0. The second-order valence-corrected chi connectivity index (χ2v) is 8.55. The standard InChI is InChI=1S/C29H32N2O5/c1-3-21-9-12-24(13-10-21)34-16-6-15-31-26-18-23(11-14-27(26)36-20-29(31)33)30-28(32)19-35-25-8-5-7-22(4-2)17-25/h5,7-14,17-18H,3-4,6,15-16,19-20H2,1-2H3,(H,30,32). The van der Waals surface area contributed by atoms with Crippen LogP contribution in [-0.2, 0) is 22.4 Å². The van der Waals surface area contributed by atoms with Gasteiger partial charge in [-0.15, -0.1) is 0 Å². The van der Waals surface area contributed by atoms with E-state index in [9.17, 15) is 9.59 Å². The molecule has 36 heavy (non-hydrogen) atoms. The van der Waals surface area contributed by atoms with E-state index in [0.717, 1.165) is 24.2 Å². The lowest BCUT2D eigenvalue weighted by molar-refractivity contribution is -0.121. The molecule has 0 fully saturated rings. The molecular weight excluding hydrogens is 456 g/mol. The van der Waals surface area contributed by atoms with Crippen LogP contribution in [0.3, 0.4) is 0 Å². The fraction of sp³-hybridized carbons (Fsp3) is 0.310. The molecule has 0 bridgehead atoms. The smallest absolute Gasteiger partial charge is 0.265 e. The average Bonchev–Trinajstić information content (AvgIpc) is 2.91. The predicted molar refractivity (Wildman–Crippen MR) is 140 cm³/mol. The Balaban J connectivity index is 1.33. The fourth-order valence-electron chi connectivity index (χ4n) is 3.96. The molecule has 0 spiro atoms. The highest BCUT2D eigenvalue weighted by molar-refractivity contribution is 5.99. The lowest BCUT2D eigenvalue weighted by Gasteiger charge is -2.30. The van der Waals surface area contributed by atoms with E-state index < -0.39 is 0 Å². The van der Waals surface area contributed by atoms with Crippen LogP contribution < -0.4 is 24.4 Å². The van der Waals surface area contributed by atoms with Gasteiger partial charge in [-0.25, -0.2) is 0 Å². The first kappa shape index (κ1) is 25.1. The number of ether oxygens (including phenoxy) is 3. The van der Waals surface area contributed by atoms with Gasteiger partial charge in [0.2, 0.25) is 0 Å². The Labute approximate surface area is 212 Å². The average molecular weight is 489 g/mol. The maximum atomic E-state index is 12.6. The molecule has 2 amide bonds. The number of carbonyl (C=O) groups is 2. The zero-order chi connectivity index (χ0) is 25.3. The van der Waals surface area contributed by atoms with Crippen molar-refractivity contribution >= 4 is 23.2 Å². The topological polar surface area (TPSA) is 77.1 Å². The molecule has 4 rings (SSSR count). The quantitative estimate of drug-likeness (QED) is 0.384. The van der Waals surface area contributed by atoms with Gasteiger partial charge in [-0.2, -0.15) is 0 Å². The summed E-state index contributed by atoms with van der Waals surface area (Å²) in [7, 11) is 0. The third-order valence-electron chi connectivity index (χ3n) is 5.99. The van der Waals surface area contributed by atoms with Crippen molar-refractivity contribution in [3.05, 3.63) is 77.9 Å². The molecule has 7 heteroatoms. The monoisotopic (exact) mass is 488 g/mol. The zero-order valence-corrected chi connectivity index (χ0v) is 20.8. The van der Waals surface area contributed by atoms with Gasteiger partial charge >= 0.3 is 0 Å². The Bertz CT molecular complexity index is 1190. The van der Waals surface area contributed by atoms with Crippen LogP contribution in [0.5, 0.6) is 17.2 Å². The van der Waals surface area contributed by atoms with Crippen LogP contribution in [0.15, 0.2) is 66.7 Å². The lowest BCUT2D eigenvalue weighted by atomic mass is 10.2. The summed E-state index contributed by atoms with van der Waals surface area (Å²) in [4.78, 5) is 26.8.